The molecule has 0 spiro atoms. The molecule has 1 fully saturated rings. The Kier molecular flexibility index (Phi) is 5.27. The molecule has 1 amide bonds. The third kappa shape index (κ3) is 4.31. The Morgan fingerprint density at radius 3 is 2.92 bits per heavy atom. The topological polar surface area (TPSA) is 85.4 Å². The Labute approximate surface area is 147 Å². The van der Waals surface area contributed by atoms with Gasteiger partial charge in [-0.25, -0.2) is 8.42 Å². The molecule has 8 heteroatoms. The van der Waals surface area contributed by atoms with Crippen LogP contribution in [0.15, 0.2) is 35.0 Å². The number of rotatable bonds is 7. The minimum atomic E-state index is -3.05. The first-order valence-electron chi connectivity index (χ1n) is 8.56. The summed E-state index contributed by atoms with van der Waals surface area (Å²) in [7, 11) is -3.05. The molecular formula is C17H23N3O4S. The molecule has 25 heavy (non-hydrogen) atoms. The molecule has 3 rings (SSSR count). The number of carbonyl (C=O) groups excluding carboxylic acids is 1. The van der Waals surface area contributed by atoms with Gasteiger partial charge in [-0.05, 0) is 31.0 Å². The van der Waals surface area contributed by atoms with Crippen molar-refractivity contribution in [1.29, 1.82) is 0 Å². The maximum atomic E-state index is 12.9. The van der Waals surface area contributed by atoms with E-state index < -0.39 is 9.84 Å². The van der Waals surface area contributed by atoms with E-state index in [1.807, 2.05) is 19.2 Å². The van der Waals surface area contributed by atoms with E-state index in [0.717, 1.165) is 12.8 Å². The van der Waals surface area contributed by atoms with Gasteiger partial charge in [0, 0.05) is 25.0 Å². The summed E-state index contributed by atoms with van der Waals surface area (Å²) in [5, 5.41) is 4.11. The number of sulfone groups is 1. The first-order chi connectivity index (χ1) is 12.0. The second kappa shape index (κ2) is 7.43. The van der Waals surface area contributed by atoms with Crippen molar-refractivity contribution in [1.82, 2.24) is 14.7 Å². The highest BCUT2D eigenvalue weighted by Crippen LogP contribution is 2.22. The fraction of sp³-hybridized carbons (Fsp3) is 0.529. The molecule has 1 atom stereocenters. The molecule has 2 aromatic heterocycles. The molecule has 3 heterocycles. The number of hydrogen-bond acceptors (Lipinski definition) is 5. The third-order valence-electron chi connectivity index (χ3n) is 4.41. The molecule has 0 aromatic carbocycles. The number of nitrogens with zero attached hydrogens (tertiary/aromatic N) is 3. The van der Waals surface area contributed by atoms with Crippen LogP contribution >= 0.6 is 0 Å². The van der Waals surface area contributed by atoms with Crippen LogP contribution < -0.4 is 0 Å². The van der Waals surface area contributed by atoms with Crippen LogP contribution in [0.25, 0.3) is 0 Å². The van der Waals surface area contributed by atoms with E-state index in [9.17, 15) is 13.2 Å². The highest BCUT2D eigenvalue weighted by molar-refractivity contribution is 7.91. The highest BCUT2D eigenvalue weighted by atomic mass is 32.2. The van der Waals surface area contributed by atoms with Gasteiger partial charge < -0.3 is 9.32 Å². The average Bonchev–Trinajstić information content (AvgIpc) is 3.30. The molecule has 1 aliphatic heterocycles. The molecule has 0 aliphatic carbocycles. The van der Waals surface area contributed by atoms with Crippen LogP contribution in [0.2, 0.25) is 0 Å². The smallest absolute Gasteiger partial charge is 0.289 e. The van der Waals surface area contributed by atoms with Gasteiger partial charge in [0.15, 0.2) is 15.6 Å². The number of hydrogen-bond donors (Lipinski definition) is 0. The lowest BCUT2D eigenvalue weighted by molar-refractivity contribution is 0.0659. The third-order valence-corrected chi connectivity index (χ3v) is 6.16. The lowest BCUT2D eigenvalue weighted by atomic mass is 10.2. The summed E-state index contributed by atoms with van der Waals surface area (Å²) >= 11 is 0. The van der Waals surface area contributed by atoms with Crippen molar-refractivity contribution in [3.05, 3.63) is 42.1 Å². The minimum absolute atomic E-state index is 0.0449. The molecule has 0 N–H and O–H groups in total. The maximum absolute atomic E-state index is 12.9. The zero-order valence-electron chi connectivity index (χ0n) is 14.3. The Morgan fingerprint density at radius 1 is 1.44 bits per heavy atom. The summed E-state index contributed by atoms with van der Waals surface area (Å²) in [5.74, 6) is 0.853. The fourth-order valence-electron chi connectivity index (χ4n) is 3.07. The van der Waals surface area contributed by atoms with Crippen LogP contribution in [0.1, 0.15) is 42.5 Å². The number of furan rings is 1. The predicted molar refractivity (Wildman–Crippen MR) is 93.0 cm³/mol. The monoisotopic (exact) mass is 365 g/mol. The highest BCUT2D eigenvalue weighted by Gasteiger charge is 2.35. The summed E-state index contributed by atoms with van der Waals surface area (Å²) in [6.07, 6.45) is 5.77. The summed E-state index contributed by atoms with van der Waals surface area (Å²) < 4.78 is 31.0. The molecule has 0 bridgehead atoms. The summed E-state index contributed by atoms with van der Waals surface area (Å²) in [6.45, 7) is 3.04. The molecule has 136 valence electrons. The van der Waals surface area contributed by atoms with E-state index in [4.69, 9.17) is 4.42 Å². The maximum Gasteiger partial charge on any atom is 0.289 e. The summed E-state index contributed by atoms with van der Waals surface area (Å²) in [4.78, 5) is 14.6. The van der Waals surface area contributed by atoms with E-state index >= 15 is 0 Å². The van der Waals surface area contributed by atoms with Gasteiger partial charge in [-0.2, -0.15) is 5.10 Å². The van der Waals surface area contributed by atoms with Crippen LogP contribution in [0.3, 0.4) is 0 Å². The first-order valence-corrected chi connectivity index (χ1v) is 10.4. The molecule has 0 saturated carbocycles. The lowest BCUT2D eigenvalue weighted by Gasteiger charge is -2.27. The van der Waals surface area contributed by atoms with Crippen molar-refractivity contribution in [3.63, 3.8) is 0 Å². The van der Waals surface area contributed by atoms with Crippen LogP contribution in [-0.2, 0) is 16.4 Å². The van der Waals surface area contributed by atoms with Crippen molar-refractivity contribution in [2.24, 2.45) is 0 Å². The minimum Gasteiger partial charge on any atom is -0.454 e. The zero-order valence-corrected chi connectivity index (χ0v) is 15.1. The van der Waals surface area contributed by atoms with Crippen molar-refractivity contribution in [3.8, 4) is 0 Å². The zero-order chi connectivity index (χ0) is 17.9. The van der Waals surface area contributed by atoms with Crippen LogP contribution in [0.4, 0.5) is 0 Å². The van der Waals surface area contributed by atoms with E-state index in [2.05, 4.69) is 5.10 Å². The molecule has 7 nitrogen and oxygen atoms in total. The standard InChI is InChI=1S/C17H23N3O4S/c1-2-3-10-20(14-7-11-25(22,23)13-14)17(21)16-6-5-15(24-16)12-19-9-4-8-18-19/h4-6,8-9,14H,2-3,7,10-13H2,1H3. The lowest BCUT2D eigenvalue weighted by Crippen LogP contribution is -2.41. The second-order valence-electron chi connectivity index (χ2n) is 6.38. The van der Waals surface area contributed by atoms with Crippen molar-refractivity contribution in [2.45, 2.75) is 38.8 Å². The molecule has 0 radical (unpaired) electrons. The van der Waals surface area contributed by atoms with Gasteiger partial charge in [0.2, 0.25) is 0 Å². The van der Waals surface area contributed by atoms with Crippen molar-refractivity contribution in [2.75, 3.05) is 18.1 Å². The van der Waals surface area contributed by atoms with Gasteiger partial charge in [0.05, 0.1) is 18.1 Å². The second-order valence-corrected chi connectivity index (χ2v) is 8.61. The van der Waals surface area contributed by atoms with Crippen LogP contribution in [0.5, 0.6) is 0 Å². The molecule has 1 aliphatic rings. The number of carbonyl (C=O) groups is 1. The number of amides is 1. The van der Waals surface area contributed by atoms with Gasteiger partial charge in [0.1, 0.15) is 5.76 Å². The Balaban J connectivity index is 1.74. The van der Waals surface area contributed by atoms with E-state index in [-0.39, 0.29) is 29.2 Å². The van der Waals surface area contributed by atoms with Crippen molar-refractivity contribution < 1.29 is 17.6 Å². The van der Waals surface area contributed by atoms with Gasteiger partial charge in [-0.3, -0.25) is 9.48 Å². The molecule has 1 unspecified atom stereocenters. The molecule has 1 saturated heterocycles. The normalized spacial score (nSPS) is 19.2. The SMILES string of the molecule is CCCCN(C(=O)c1ccc(Cn2cccn2)o1)C1CCS(=O)(=O)C1. The van der Waals surface area contributed by atoms with Gasteiger partial charge >= 0.3 is 0 Å². The Morgan fingerprint density at radius 2 is 2.28 bits per heavy atom. The van der Waals surface area contributed by atoms with Crippen LogP contribution in [0, 0.1) is 0 Å². The van der Waals surface area contributed by atoms with E-state index in [1.165, 1.54) is 0 Å². The fourth-order valence-corrected chi connectivity index (χ4v) is 4.80. The average molecular weight is 365 g/mol. The largest absolute Gasteiger partial charge is 0.454 e. The van der Waals surface area contributed by atoms with Gasteiger partial charge in [-0.1, -0.05) is 13.3 Å². The van der Waals surface area contributed by atoms with E-state index in [1.54, 1.807) is 27.9 Å². The van der Waals surface area contributed by atoms with Gasteiger partial charge in [0.25, 0.3) is 5.91 Å². The quantitative estimate of drug-likeness (QED) is 0.749. The van der Waals surface area contributed by atoms with Gasteiger partial charge in [-0.15, -0.1) is 0 Å². The molecular weight excluding hydrogens is 342 g/mol. The predicted octanol–water partition coefficient (Wildman–Crippen LogP) is 1.95. The summed E-state index contributed by atoms with van der Waals surface area (Å²) in [5.41, 5.74) is 0. The first kappa shape index (κ1) is 17.7. The number of unbranched alkanes of at least 4 members (excludes halogenated alkanes) is 1. The van der Waals surface area contributed by atoms with Crippen LogP contribution in [-0.4, -0.2) is 53.1 Å². The molecule has 2 aromatic rings. The van der Waals surface area contributed by atoms with E-state index in [0.29, 0.717) is 25.3 Å². The van der Waals surface area contributed by atoms with Crippen molar-refractivity contribution >= 4 is 15.7 Å². The Hall–Kier alpha value is -2.09. The summed E-state index contributed by atoms with van der Waals surface area (Å²) in [6, 6.07) is 4.98. The Bertz CT molecular complexity index is 811. The number of aromatic nitrogens is 2.